The van der Waals surface area contributed by atoms with Gasteiger partial charge in [-0.3, -0.25) is 4.79 Å². The fourth-order valence-corrected chi connectivity index (χ4v) is 2.04. The standard InChI is InChI=1S/C17H14ClFO4/c1-10(16(20)11-3-5-12(18)6-4-11)23-17(21)14-8-7-13(22-2)9-15(14)19/h3-10H,1-2H3/t10-/m1/s1. The number of carbonyl (C=O) groups excluding carboxylic acids is 2. The molecule has 2 rings (SSSR count). The fraction of sp³-hybridized carbons (Fsp3) is 0.176. The molecule has 0 bridgehead atoms. The summed E-state index contributed by atoms with van der Waals surface area (Å²) >= 11 is 5.75. The van der Waals surface area contributed by atoms with Crippen molar-refractivity contribution in [1.29, 1.82) is 0 Å². The van der Waals surface area contributed by atoms with Crippen LogP contribution in [0.4, 0.5) is 4.39 Å². The maximum Gasteiger partial charge on any atom is 0.341 e. The SMILES string of the molecule is COc1ccc(C(=O)O[C@H](C)C(=O)c2ccc(Cl)cc2)c(F)c1. The summed E-state index contributed by atoms with van der Waals surface area (Å²) in [5.41, 5.74) is 0.0893. The van der Waals surface area contributed by atoms with Crippen molar-refractivity contribution in [2.75, 3.05) is 7.11 Å². The minimum Gasteiger partial charge on any atom is -0.497 e. The minimum absolute atomic E-state index is 0.262. The molecule has 0 radical (unpaired) electrons. The van der Waals surface area contributed by atoms with Crippen LogP contribution in [-0.4, -0.2) is 25.0 Å². The molecule has 1 atom stereocenters. The Hall–Kier alpha value is -2.40. The van der Waals surface area contributed by atoms with Gasteiger partial charge in [0, 0.05) is 16.7 Å². The zero-order valence-electron chi connectivity index (χ0n) is 12.5. The Balaban J connectivity index is 2.10. The molecule has 0 aliphatic carbocycles. The van der Waals surface area contributed by atoms with Gasteiger partial charge in [-0.05, 0) is 43.3 Å². The van der Waals surface area contributed by atoms with Gasteiger partial charge in [-0.1, -0.05) is 11.6 Å². The molecule has 120 valence electrons. The zero-order chi connectivity index (χ0) is 17.0. The van der Waals surface area contributed by atoms with Crippen LogP contribution < -0.4 is 4.74 Å². The van der Waals surface area contributed by atoms with E-state index in [1.165, 1.54) is 38.3 Å². The van der Waals surface area contributed by atoms with Crippen molar-refractivity contribution in [3.8, 4) is 5.75 Å². The zero-order valence-corrected chi connectivity index (χ0v) is 13.3. The number of ketones is 1. The smallest absolute Gasteiger partial charge is 0.341 e. The molecule has 6 heteroatoms. The third kappa shape index (κ3) is 4.07. The molecule has 0 aromatic heterocycles. The van der Waals surface area contributed by atoms with Gasteiger partial charge in [0.2, 0.25) is 5.78 Å². The average Bonchev–Trinajstić information content (AvgIpc) is 2.54. The summed E-state index contributed by atoms with van der Waals surface area (Å²) in [5, 5.41) is 0.492. The van der Waals surface area contributed by atoms with Crippen molar-refractivity contribution in [2.24, 2.45) is 0 Å². The van der Waals surface area contributed by atoms with Gasteiger partial charge in [0.1, 0.15) is 11.6 Å². The summed E-state index contributed by atoms with van der Waals surface area (Å²) in [4.78, 5) is 24.2. The Morgan fingerprint density at radius 3 is 2.35 bits per heavy atom. The quantitative estimate of drug-likeness (QED) is 0.613. The molecule has 0 aliphatic heterocycles. The highest BCUT2D eigenvalue weighted by atomic mass is 35.5. The number of carbonyl (C=O) groups is 2. The molecule has 0 aliphatic rings. The van der Waals surface area contributed by atoms with Crippen molar-refractivity contribution in [3.63, 3.8) is 0 Å². The summed E-state index contributed by atoms with van der Waals surface area (Å²) in [5.74, 6) is -1.81. The molecule has 23 heavy (non-hydrogen) atoms. The number of ether oxygens (including phenoxy) is 2. The lowest BCUT2D eigenvalue weighted by Crippen LogP contribution is -2.24. The van der Waals surface area contributed by atoms with Gasteiger partial charge in [-0.2, -0.15) is 0 Å². The van der Waals surface area contributed by atoms with Gasteiger partial charge in [-0.25, -0.2) is 9.18 Å². The van der Waals surface area contributed by atoms with Crippen LogP contribution in [0.3, 0.4) is 0 Å². The van der Waals surface area contributed by atoms with Crippen molar-refractivity contribution < 1.29 is 23.5 Å². The third-order valence-corrected chi connectivity index (χ3v) is 3.43. The Morgan fingerprint density at radius 1 is 1.13 bits per heavy atom. The number of Topliss-reactive ketones (excluding diaryl/α,β-unsaturated/α-hetero) is 1. The van der Waals surface area contributed by atoms with E-state index in [9.17, 15) is 14.0 Å². The van der Waals surface area contributed by atoms with Crippen molar-refractivity contribution in [1.82, 2.24) is 0 Å². The van der Waals surface area contributed by atoms with Crippen LogP contribution in [0.5, 0.6) is 5.75 Å². The molecule has 0 saturated carbocycles. The van der Waals surface area contributed by atoms with Crippen LogP contribution in [0.25, 0.3) is 0 Å². The lowest BCUT2D eigenvalue weighted by Gasteiger charge is -2.13. The van der Waals surface area contributed by atoms with E-state index < -0.39 is 23.7 Å². The van der Waals surface area contributed by atoms with Gasteiger partial charge in [0.05, 0.1) is 12.7 Å². The van der Waals surface area contributed by atoms with E-state index in [4.69, 9.17) is 21.1 Å². The van der Waals surface area contributed by atoms with E-state index in [0.29, 0.717) is 10.6 Å². The molecule has 0 heterocycles. The van der Waals surface area contributed by atoms with Gasteiger partial charge >= 0.3 is 5.97 Å². The predicted molar refractivity (Wildman–Crippen MR) is 83.6 cm³/mol. The second-order valence-corrected chi connectivity index (χ2v) is 5.20. The number of hydrogen-bond donors (Lipinski definition) is 0. The molecular weight excluding hydrogens is 323 g/mol. The van der Waals surface area contributed by atoms with E-state index in [0.717, 1.165) is 6.07 Å². The molecule has 0 spiro atoms. The van der Waals surface area contributed by atoms with Gasteiger partial charge in [0.25, 0.3) is 0 Å². The molecule has 0 fully saturated rings. The maximum atomic E-state index is 13.8. The van der Waals surface area contributed by atoms with Crippen LogP contribution in [0.1, 0.15) is 27.6 Å². The van der Waals surface area contributed by atoms with E-state index in [2.05, 4.69) is 0 Å². The van der Waals surface area contributed by atoms with E-state index in [1.807, 2.05) is 0 Å². The number of rotatable bonds is 5. The molecular formula is C17H14ClFO4. The summed E-state index contributed by atoms with van der Waals surface area (Å²) in [6, 6.07) is 9.94. The fourth-order valence-electron chi connectivity index (χ4n) is 1.91. The Bertz CT molecular complexity index is 728. The molecule has 2 aromatic carbocycles. The van der Waals surface area contributed by atoms with Crippen LogP contribution >= 0.6 is 11.6 Å². The number of methoxy groups -OCH3 is 1. The molecule has 2 aromatic rings. The first-order valence-electron chi connectivity index (χ1n) is 6.76. The first-order chi connectivity index (χ1) is 10.9. The first-order valence-corrected chi connectivity index (χ1v) is 7.14. The van der Waals surface area contributed by atoms with Crippen LogP contribution in [-0.2, 0) is 4.74 Å². The van der Waals surface area contributed by atoms with E-state index in [1.54, 1.807) is 12.1 Å². The second-order valence-electron chi connectivity index (χ2n) is 4.76. The minimum atomic E-state index is -1.05. The summed E-state index contributed by atoms with van der Waals surface area (Å²) < 4.78 is 23.7. The summed E-state index contributed by atoms with van der Waals surface area (Å²) in [7, 11) is 1.39. The molecule has 0 amide bonds. The number of hydrogen-bond acceptors (Lipinski definition) is 4. The number of esters is 1. The van der Waals surface area contributed by atoms with Crippen LogP contribution in [0, 0.1) is 5.82 Å². The van der Waals surface area contributed by atoms with Gasteiger partial charge in [0.15, 0.2) is 6.10 Å². The Kier molecular flexibility index (Phi) is 5.34. The average molecular weight is 337 g/mol. The highest BCUT2D eigenvalue weighted by molar-refractivity contribution is 6.30. The highest BCUT2D eigenvalue weighted by Crippen LogP contribution is 2.18. The molecule has 0 saturated heterocycles. The van der Waals surface area contributed by atoms with Crippen molar-refractivity contribution >= 4 is 23.4 Å². The van der Waals surface area contributed by atoms with Crippen molar-refractivity contribution in [2.45, 2.75) is 13.0 Å². The second kappa shape index (κ2) is 7.24. The largest absolute Gasteiger partial charge is 0.497 e. The van der Waals surface area contributed by atoms with E-state index in [-0.39, 0.29) is 11.3 Å². The topological polar surface area (TPSA) is 52.6 Å². The first kappa shape index (κ1) is 17.0. The maximum absolute atomic E-state index is 13.8. The summed E-state index contributed by atoms with van der Waals surface area (Å²) in [6.07, 6.45) is -1.05. The number of benzene rings is 2. The summed E-state index contributed by atoms with van der Waals surface area (Å²) in [6.45, 7) is 1.43. The molecule has 0 N–H and O–H groups in total. The van der Waals surface area contributed by atoms with Crippen LogP contribution in [0.15, 0.2) is 42.5 Å². The normalized spacial score (nSPS) is 11.7. The van der Waals surface area contributed by atoms with Crippen LogP contribution in [0.2, 0.25) is 5.02 Å². The van der Waals surface area contributed by atoms with Gasteiger partial charge < -0.3 is 9.47 Å². The monoisotopic (exact) mass is 336 g/mol. The highest BCUT2D eigenvalue weighted by Gasteiger charge is 2.22. The Morgan fingerprint density at radius 2 is 1.78 bits per heavy atom. The third-order valence-electron chi connectivity index (χ3n) is 3.18. The predicted octanol–water partition coefficient (Wildman–Crippen LogP) is 3.92. The lowest BCUT2D eigenvalue weighted by atomic mass is 10.1. The Labute approximate surface area is 137 Å². The van der Waals surface area contributed by atoms with Gasteiger partial charge in [-0.15, -0.1) is 0 Å². The van der Waals surface area contributed by atoms with E-state index >= 15 is 0 Å². The number of halogens is 2. The van der Waals surface area contributed by atoms with Crippen molar-refractivity contribution in [3.05, 3.63) is 64.4 Å². The molecule has 4 nitrogen and oxygen atoms in total. The lowest BCUT2D eigenvalue weighted by molar-refractivity contribution is 0.0314. The molecule has 0 unspecified atom stereocenters.